The monoisotopic (exact) mass is 331 g/mol. The molecule has 0 heterocycles. The van der Waals surface area contributed by atoms with E-state index in [2.05, 4.69) is 4.74 Å². The van der Waals surface area contributed by atoms with Crippen molar-refractivity contribution < 1.29 is 32.1 Å². The zero-order chi connectivity index (χ0) is 17.2. The van der Waals surface area contributed by atoms with E-state index in [0.29, 0.717) is 5.56 Å². The number of benzene rings is 2. The van der Waals surface area contributed by atoms with Crippen LogP contribution in [0.1, 0.15) is 17.2 Å². The van der Waals surface area contributed by atoms with Gasteiger partial charge in [0.05, 0.1) is 13.2 Å². The Morgan fingerprint density at radius 2 is 1.74 bits per heavy atom. The van der Waals surface area contributed by atoms with Crippen molar-refractivity contribution in [2.45, 2.75) is 12.4 Å². The Labute approximate surface area is 129 Å². The molecule has 2 rings (SSSR count). The quantitative estimate of drug-likeness (QED) is 0.842. The van der Waals surface area contributed by atoms with Crippen molar-refractivity contribution in [2.24, 2.45) is 5.73 Å². The highest BCUT2D eigenvalue weighted by Gasteiger charge is 2.31. The molecule has 23 heavy (non-hydrogen) atoms. The van der Waals surface area contributed by atoms with Gasteiger partial charge in [0, 0.05) is 11.6 Å². The highest BCUT2D eigenvalue weighted by atomic mass is 19.4. The van der Waals surface area contributed by atoms with Gasteiger partial charge in [-0.2, -0.15) is 0 Å². The third-order valence-electron chi connectivity index (χ3n) is 3.10. The van der Waals surface area contributed by atoms with Gasteiger partial charge in [0.2, 0.25) is 0 Å². The van der Waals surface area contributed by atoms with E-state index in [4.69, 9.17) is 10.5 Å². The van der Waals surface area contributed by atoms with Gasteiger partial charge < -0.3 is 20.3 Å². The summed E-state index contributed by atoms with van der Waals surface area (Å²) < 4.78 is 58.4. The van der Waals surface area contributed by atoms with Gasteiger partial charge in [-0.3, -0.25) is 0 Å². The molecule has 0 fully saturated rings. The summed E-state index contributed by atoms with van der Waals surface area (Å²) in [6, 6.07) is 5.81. The van der Waals surface area contributed by atoms with Gasteiger partial charge in [0.25, 0.3) is 0 Å². The molecule has 0 aliphatic carbocycles. The molecule has 1 atom stereocenters. The van der Waals surface area contributed by atoms with Gasteiger partial charge in [-0.1, -0.05) is 12.1 Å². The first-order chi connectivity index (χ1) is 10.7. The Hall–Kier alpha value is -2.48. The minimum absolute atomic E-state index is 0.0475. The number of alkyl halides is 3. The van der Waals surface area contributed by atoms with Crippen LogP contribution in [0.15, 0.2) is 36.4 Å². The van der Waals surface area contributed by atoms with Crippen molar-refractivity contribution in [3.8, 4) is 17.2 Å². The third kappa shape index (κ3) is 4.04. The number of halogens is 4. The Kier molecular flexibility index (Phi) is 4.65. The fraction of sp³-hybridized carbons (Fsp3) is 0.200. The molecule has 0 saturated heterocycles. The summed E-state index contributed by atoms with van der Waals surface area (Å²) in [4.78, 5) is 0. The SMILES string of the molecule is COc1cc(F)cc([C@H](N)c2ccc(OC(F)(F)F)cc2)c1O. The van der Waals surface area contributed by atoms with E-state index in [-0.39, 0.29) is 17.1 Å². The van der Waals surface area contributed by atoms with E-state index in [1.54, 1.807) is 0 Å². The largest absolute Gasteiger partial charge is 0.573 e. The first-order valence-corrected chi connectivity index (χ1v) is 6.39. The predicted molar refractivity (Wildman–Crippen MR) is 73.8 cm³/mol. The summed E-state index contributed by atoms with van der Waals surface area (Å²) in [7, 11) is 1.26. The van der Waals surface area contributed by atoms with Crippen LogP contribution in [0.5, 0.6) is 17.2 Å². The van der Waals surface area contributed by atoms with Crippen LogP contribution in [0.3, 0.4) is 0 Å². The molecule has 124 valence electrons. The number of phenols is 1. The summed E-state index contributed by atoms with van der Waals surface area (Å²) >= 11 is 0. The van der Waals surface area contributed by atoms with E-state index in [1.807, 2.05) is 0 Å². The van der Waals surface area contributed by atoms with Crippen LogP contribution in [-0.2, 0) is 0 Å². The number of aromatic hydroxyl groups is 1. The zero-order valence-electron chi connectivity index (χ0n) is 11.9. The fourth-order valence-electron chi connectivity index (χ4n) is 2.04. The Morgan fingerprint density at radius 3 is 2.26 bits per heavy atom. The molecule has 0 radical (unpaired) electrons. The average molecular weight is 331 g/mol. The van der Waals surface area contributed by atoms with Crippen molar-refractivity contribution in [2.75, 3.05) is 7.11 Å². The van der Waals surface area contributed by atoms with E-state index in [0.717, 1.165) is 24.3 Å². The Bertz CT molecular complexity index is 686. The van der Waals surface area contributed by atoms with Gasteiger partial charge in [0.15, 0.2) is 11.5 Å². The normalized spacial score (nSPS) is 12.8. The lowest BCUT2D eigenvalue weighted by molar-refractivity contribution is -0.274. The molecule has 0 aliphatic rings. The van der Waals surface area contributed by atoms with Crippen LogP contribution in [0, 0.1) is 5.82 Å². The smallest absolute Gasteiger partial charge is 0.504 e. The van der Waals surface area contributed by atoms with E-state index >= 15 is 0 Å². The van der Waals surface area contributed by atoms with E-state index in [9.17, 15) is 22.7 Å². The fourth-order valence-corrected chi connectivity index (χ4v) is 2.04. The van der Waals surface area contributed by atoms with Gasteiger partial charge in [-0.15, -0.1) is 13.2 Å². The summed E-state index contributed by atoms with van der Waals surface area (Å²) in [5.41, 5.74) is 6.35. The Balaban J connectivity index is 2.31. The lowest BCUT2D eigenvalue weighted by Crippen LogP contribution is -2.17. The topological polar surface area (TPSA) is 64.7 Å². The molecular formula is C15H13F4NO3. The van der Waals surface area contributed by atoms with Crippen LogP contribution < -0.4 is 15.2 Å². The summed E-state index contributed by atoms with van der Waals surface area (Å²) in [5, 5.41) is 10.0. The second kappa shape index (κ2) is 6.33. The number of hydrogen-bond acceptors (Lipinski definition) is 4. The third-order valence-corrected chi connectivity index (χ3v) is 3.10. The van der Waals surface area contributed by atoms with E-state index < -0.39 is 24.0 Å². The number of phenolic OH excluding ortho intramolecular Hbond substituents is 1. The molecule has 4 nitrogen and oxygen atoms in total. The van der Waals surface area contributed by atoms with Crippen LogP contribution >= 0.6 is 0 Å². The molecule has 8 heteroatoms. The molecule has 2 aromatic rings. The molecular weight excluding hydrogens is 318 g/mol. The lowest BCUT2D eigenvalue weighted by atomic mass is 9.98. The van der Waals surface area contributed by atoms with Crippen LogP contribution in [0.25, 0.3) is 0 Å². The van der Waals surface area contributed by atoms with Gasteiger partial charge >= 0.3 is 6.36 Å². The van der Waals surface area contributed by atoms with Gasteiger partial charge in [0.1, 0.15) is 11.6 Å². The van der Waals surface area contributed by atoms with Crippen LogP contribution in [0.2, 0.25) is 0 Å². The second-order valence-electron chi connectivity index (χ2n) is 4.64. The minimum atomic E-state index is -4.79. The number of nitrogens with two attached hydrogens (primary N) is 1. The molecule has 0 aliphatic heterocycles. The summed E-state index contributed by atoms with van der Waals surface area (Å²) in [6.45, 7) is 0. The van der Waals surface area contributed by atoms with E-state index in [1.165, 1.54) is 19.2 Å². The molecule has 0 amide bonds. The first kappa shape index (κ1) is 16.9. The minimum Gasteiger partial charge on any atom is -0.504 e. The molecule has 0 bridgehead atoms. The summed E-state index contributed by atoms with van der Waals surface area (Å²) in [5.74, 6) is -1.50. The highest BCUT2D eigenvalue weighted by Crippen LogP contribution is 2.36. The lowest BCUT2D eigenvalue weighted by Gasteiger charge is -2.17. The number of methoxy groups -OCH3 is 1. The molecule has 0 unspecified atom stereocenters. The number of hydrogen-bond donors (Lipinski definition) is 2. The predicted octanol–water partition coefficient (Wildman–Crippen LogP) is 3.49. The maximum atomic E-state index is 13.5. The highest BCUT2D eigenvalue weighted by molar-refractivity contribution is 5.50. The maximum Gasteiger partial charge on any atom is 0.573 e. The van der Waals surface area contributed by atoms with Gasteiger partial charge in [-0.25, -0.2) is 4.39 Å². The summed E-state index contributed by atoms with van der Waals surface area (Å²) in [6.07, 6.45) is -4.79. The van der Waals surface area contributed by atoms with Crippen LogP contribution in [0.4, 0.5) is 17.6 Å². The first-order valence-electron chi connectivity index (χ1n) is 6.39. The molecule has 0 spiro atoms. The van der Waals surface area contributed by atoms with Crippen LogP contribution in [-0.4, -0.2) is 18.6 Å². The Morgan fingerprint density at radius 1 is 1.13 bits per heavy atom. The standard InChI is InChI=1S/C15H13F4NO3/c1-22-12-7-9(16)6-11(14(12)21)13(20)8-2-4-10(5-3-8)23-15(17,18)19/h2-7,13,21H,20H2,1H3/t13-/m1/s1. The van der Waals surface area contributed by atoms with Crippen molar-refractivity contribution >= 4 is 0 Å². The van der Waals surface area contributed by atoms with Crippen molar-refractivity contribution in [3.05, 3.63) is 53.3 Å². The molecule has 2 aromatic carbocycles. The zero-order valence-corrected chi connectivity index (χ0v) is 11.9. The maximum absolute atomic E-state index is 13.5. The van der Waals surface area contributed by atoms with Crippen molar-refractivity contribution in [3.63, 3.8) is 0 Å². The van der Waals surface area contributed by atoms with Crippen molar-refractivity contribution in [1.82, 2.24) is 0 Å². The number of rotatable bonds is 4. The average Bonchev–Trinajstić information content (AvgIpc) is 2.47. The molecule has 0 aromatic heterocycles. The van der Waals surface area contributed by atoms with Gasteiger partial charge in [-0.05, 0) is 23.8 Å². The molecule has 3 N–H and O–H groups in total. The number of ether oxygens (including phenoxy) is 2. The second-order valence-corrected chi connectivity index (χ2v) is 4.64. The molecule has 0 saturated carbocycles. The van der Waals surface area contributed by atoms with Crippen molar-refractivity contribution in [1.29, 1.82) is 0 Å².